The van der Waals surface area contributed by atoms with E-state index in [1.807, 2.05) is 11.0 Å². The summed E-state index contributed by atoms with van der Waals surface area (Å²) in [6.07, 6.45) is 3.03. The minimum atomic E-state index is 0.129. The van der Waals surface area contributed by atoms with E-state index in [0.29, 0.717) is 13.0 Å². The zero-order valence-electron chi connectivity index (χ0n) is 11.4. The lowest BCUT2D eigenvalue weighted by atomic mass is 10.2. The van der Waals surface area contributed by atoms with E-state index in [4.69, 9.17) is 4.74 Å². The molecule has 1 aliphatic heterocycles. The van der Waals surface area contributed by atoms with E-state index in [1.54, 1.807) is 7.11 Å². The first-order valence-corrected chi connectivity index (χ1v) is 6.57. The maximum atomic E-state index is 11.8. The lowest BCUT2D eigenvalue weighted by Gasteiger charge is -2.16. The van der Waals surface area contributed by atoms with Gasteiger partial charge in [-0.25, -0.2) is 9.97 Å². The van der Waals surface area contributed by atoms with Crippen molar-refractivity contribution in [3.8, 4) is 0 Å². The fourth-order valence-corrected chi connectivity index (χ4v) is 2.27. The number of anilines is 1. The van der Waals surface area contributed by atoms with Crippen LogP contribution in [0.15, 0.2) is 12.4 Å². The van der Waals surface area contributed by atoms with Gasteiger partial charge in [0.05, 0.1) is 18.3 Å². The number of nitrogens with one attached hydrogen (secondary N) is 1. The Bertz CT molecular complexity index is 438. The van der Waals surface area contributed by atoms with E-state index in [-0.39, 0.29) is 11.9 Å². The summed E-state index contributed by atoms with van der Waals surface area (Å²) in [6.45, 7) is 4.12. The Hall–Kier alpha value is -1.69. The molecule has 1 N–H and O–H groups in total. The van der Waals surface area contributed by atoms with Gasteiger partial charge in [0.15, 0.2) is 0 Å². The van der Waals surface area contributed by atoms with E-state index in [1.165, 1.54) is 6.33 Å². The highest BCUT2D eigenvalue weighted by molar-refractivity contribution is 5.79. The molecule has 1 amide bonds. The predicted molar refractivity (Wildman–Crippen MR) is 71.6 cm³/mol. The molecule has 104 valence electrons. The lowest BCUT2D eigenvalue weighted by Crippen LogP contribution is -2.28. The van der Waals surface area contributed by atoms with Gasteiger partial charge in [-0.2, -0.15) is 0 Å². The first-order chi connectivity index (χ1) is 9.22. The van der Waals surface area contributed by atoms with Crippen molar-refractivity contribution >= 4 is 11.7 Å². The molecule has 0 aromatic carbocycles. The van der Waals surface area contributed by atoms with E-state index < -0.39 is 0 Å². The Morgan fingerprint density at radius 3 is 3.11 bits per heavy atom. The quantitative estimate of drug-likeness (QED) is 0.831. The van der Waals surface area contributed by atoms with Crippen molar-refractivity contribution in [2.75, 3.05) is 25.5 Å². The molecule has 0 spiro atoms. The highest BCUT2D eigenvalue weighted by Crippen LogP contribution is 2.16. The Morgan fingerprint density at radius 2 is 2.37 bits per heavy atom. The van der Waals surface area contributed by atoms with Gasteiger partial charge < -0.3 is 15.0 Å². The summed E-state index contributed by atoms with van der Waals surface area (Å²) in [5.41, 5.74) is 0.828. The van der Waals surface area contributed by atoms with Gasteiger partial charge in [-0.15, -0.1) is 0 Å². The Labute approximate surface area is 113 Å². The Kier molecular flexibility index (Phi) is 4.68. The van der Waals surface area contributed by atoms with Crippen molar-refractivity contribution in [1.82, 2.24) is 14.9 Å². The molecule has 0 aliphatic carbocycles. The lowest BCUT2D eigenvalue weighted by molar-refractivity contribution is -0.127. The van der Waals surface area contributed by atoms with Gasteiger partial charge in [-0.3, -0.25) is 4.79 Å². The van der Waals surface area contributed by atoms with E-state index in [0.717, 1.165) is 31.0 Å². The molecular weight excluding hydrogens is 244 g/mol. The van der Waals surface area contributed by atoms with Crippen LogP contribution in [0.2, 0.25) is 0 Å². The number of nitrogens with zero attached hydrogens (tertiary/aromatic N) is 3. The molecule has 0 saturated carbocycles. The van der Waals surface area contributed by atoms with Crippen LogP contribution < -0.4 is 5.32 Å². The smallest absolute Gasteiger partial charge is 0.224 e. The maximum Gasteiger partial charge on any atom is 0.224 e. The van der Waals surface area contributed by atoms with E-state index in [2.05, 4.69) is 22.2 Å². The topological polar surface area (TPSA) is 67.3 Å². The van der Waals surface area contributed by atoms with Crippen LogP contribution in [0.3, 0.4) is 0 Å². The third kappa shape index (κ3) is 3.64. The maximum absolute atomic E-state index is 11.8. The van der Waals surface area contributed by atoms with Crippen LogP contribution in [0.25, 0.3) is 0 Å². The molecule has 6 nitrogen and oxygen atoms in total. The summed E-state index contributed by atoms with van der Waals surface area (Å²) in [6, 6.07) is 1.99. The number of carbonyl (C=O) groups is 1. The van der Waals surface area contributed by atoms with Crippen molar-refractivity contribution in [3.05, 3.63) is 18.1 Å². The summed E-state index contributed by atoms with van der Waals surface area (Å²) in [7, 11) is 1.63. The monoisotopic (exact) mass is 264 g/mol. The van der Waals surface area contributed by atoms with Gasteiger partial charge in [0, 0.05) is 32.7 Å². The number of hydrogen-bond acceptors (Lipinski definition) is 5. The molecule has 1 aromatic rings. The summed E-state index contributed by atoms with van der Waals surface area (Å²) in [5.74, 6) is 0.962. The van der Waals surface area contributed by atoms with Crippen molar-refractivity contribution in [3.63, 3.8) is 0 Å². The number of amides is 1. The number of aromatic nitrogens is 2. The van der Waals surface area contributed by atoms with Gasteiger partial charge >= 0.3 is 0 Å². The largest absolute Gasteiger partial charge is 0.378 e. The van der Waals surface area contributed by atoms with Gasteiger partial charge in [0.2, 0.25) is 5.91 Å². The number of ether oxygens (including phenoxy) is 1. The summed E-state index contributed by atoms with van der Waals surface area (Å²) < 4.78 is 5.04. The second kappa shape index (κ2) is 6.47. The molecular formula is C13H20N4O2. The van der Waals surface area contributed by atoms with Crippen molar-refractivity contribution in [1.29, 1.82) is 0 Å². The third-order valence-corrected chi connectivity index (χ3v) is 3.08. The third-order valence-electron chi connectivity index (χ3n) is 3.08. The van der Waals surface area contributed by atoms with Gasteiger partial charge in [0.1, 0.15) is 12.1 Å². The number of rotatable bonds is 6. The number of hydrogen-bond donors (Lipinski definition) is 1. The second-order valence-corrected chi connectivity index (χ2v) is 4.71. The second-order valence-electron chi connectivity index (χ2n) is 4.71. The minimum Gasteiger partial charge on any atom is -0.378 e. The average Bonchev–Trinajstić information content (AvgIpc) is 2.71. The molecule has 1 saturated heterocycles. The number of methoxy groups -OCH3 is 1. The van der Waals surface area contributed by atoms with Crippen LogP contribution in [-0.2, 0) is 16.1 Å². The van der Waals surface area contributed by atoms with Crippen LogP contribution in [-0.4, -0.2) is 47.0 Å². The molecule has 0 bridgehead atoms. The van der Waals surface area contributed by atoms with Gasteiger partial charge in [0.25, 0.3) is 0 Å². The molecule has 1 atom stereocenters. The SMILES string of the molecule is CCCN1C[C@@H](Nc2cc(COC)ncn2)CC1=O. The van der Waals surface area contributed by atoms with E-state index in [9.17, 15) is 4.79 Å². The molecule has 2 heterocycles. The molecule has 2 rings (SSSR count). The van der Waals surface area contributed by atoms with Crippen LogP contribution in [0.1, 0.15) is 25.5 Å². The molecule has 6 heteroatoms. The summed E-state index contributed by atoms with van der Waals surface area (Å²) >= 11 is 0. The predicted octanol–water partition coefficient (Wildman–Crippen LogP) is 1.05. The van der Waals surface area contributed by atoms with Crippen molar-refractivity contribution < 1.29 is 9.53 Å². The normalized spacial score (nSPS) is 18.9. The minimum absolute atomic E-state index is 0.129. The van der Waals surface area contributed by atoms with Crippen LogP contribution >= 0.6 is 0 Å². The summed E-state index contributed by atoms with van der Waals surface area (Å²) in [4.78, 5) is 21.9. The number of likely N-dealkylation sites (tertiary alicyclic amines) is 1. The molecule has 1 aromatic heterocycles. The van der Waals surface area contributed by atoms with Crippen molar-refractivity contribution in [2.24, 2.45) is 0 Å². The summed E-state index contributed by atoms with van der Waals surface area (Å²) in [5, 5.41) is 3.29. The zero-order chi connectivity index (χ0) is 13.7. The first-order valence-electron chi connectivity index (χ1n) is 6.57. The fourth-order valence-electron chi connectivity index (χ4n) is 2.27. The standard InChI is InChI=1S/C13H20N4O2/c1-3-4-17-7-10(6-13(17)18)16-12-5-11(8-19-2)14-9-15-12/h5,9-10H,3-4,6-8H2,1-2H3,(H,14,15,16)/t10-/m0/s1. The zero-order valence-corrected chi connectivity index (χ0v) is 11.4. The molecule has 1 fully saturated rings. The highest BCUT2D eigenvalue weighted by atomic mass is 16.5. The molecule has 1 aliphatic rings. The average molecular weight is 264 g/mol. The molecule has 0 radical (unpaired) electrons. The number of carbonyl (C=O) groups excluding carboxylic acids is 1. The van der Waals surface area contributed by atoms with Crippen molar-refractivity contribution in [2.45, 2.75) is 32.4 Å². The fraction of sp³-hybridized carbons (Fsp3) is 0.615. The van der Waals surface area contributed by atoms with Crippen LogP contribution in [0.4, 0.5) is 5.82 Å². The van der Waals surface area contributed by atoms with Gasteiger partial charge in [-0.1, -0.05) is 6.92 Å². The first kappa shape index (κ1) is 13.7. The molecule has 19 heavy (non-hydrogen) atoms. The van der Waals surface area contributed by atoms with Crippen LogP contribution in [0, 0.1) is 0 Å². The molecule has 0 unspecified atom stereocenters. The van der Waals surface area contributed by atoms with Crippen LogP contribution in [0.5, 0.6) is 0 Å². The highest BCUT2D eigenvalue weighted by Gasteiger charge is 2.28. The van der Waals surface area contributed by atoms with Gasteiger partial charge in [-0.05, 0) is 6.42 Å². The Morgan fingerprint density at radius 1 is 1.53 bits per heavy atom. The van der Waals surface area contributed by atoms with E-state index >= 15 is 0 Å². The Balaban J connectivity index is 1.94.